The van der Waals surface area contributed by atoms with Crippen LogP contribution in [0.15, 0.2) is 42.6 Å². The van der Waals surface area contributed by atoms with E-state index in [4.69, 9.17) is 11.6 Å². The molecule has 0 atom stereocenters. The molecule has 102 valence electrons. The Bertz CT molecular complexity index is 752. The first-order valence-corrected chi connectivity index (χ1v) is 6.56. The van der Waals surface area contributed by atoms with Gasteiger partial charge in [-0.1, -0.05) is 23.7 Å². The first-order chi connectivity index (χ1) is 9.67. The fraction of sp³-hybridized carbons (Fsp3) is 0.133. The van der Waals surface area contributed by atoms with Crippen LogP contribution in [0, 0.1) is 5.82 Å². The van der Waals surface area contributed by atoms with Crippen LogP contribution in [0.3, 0.4) is 0 Å². The number of fused-ring (bicyclic) bond motifs is 1. The summed E-state index contributed by atoms with van der Waals surface area (Å²) in [6.07, 6.45) is 1.90. The molecular weight excluding hydrogens is 279 g/mol. The van der Waals surface area contributed by atoms with Gasteiger partial charge in [-0.2, -0.15) is 0 Å². The maximum atomic E-state index is 13.3. The third-order valence-electron chi connectivity index (χ3n) is 3.20. The standard InChI is InChI=1S/C15H12ClFN2O/c16-11-3-1-10(2-4-11)7-13-14(9-20)19-8-12(17)5-6-15(19)18-13/h1-6,8,20H,7,9H2. The van der Waals surface area contributed by atoms with Crippen LogP contribution in [-0.2, 0) is 13.0 Å². The minimum absolute atomic E-state index is 0.187. The van der Waals surface area contributed by atoms with Crippen LogP contribution in [0.2, 0.25) is 5.02 Å². The second-order valence-electron chi connectivity index (χ2n) is 4.54. The average Bonchev–Trinajstić information content (AvgIpc) is 2.78. The highest BCUT2D eigenvalue weighted by Gasteiger charge is 2.12. The quantitative estimate of drug-likeness (QED) is 0.804. The molecule has 0 aliphatic rings. The number of hydrogen-bond donors (Lipinski definition) is 1. The molecule has 1 N–H and O–H groups in total. The molecule has 0 fully saturated rings. The molecule has 3 rings (SSSR count). The van der Waals surface area contributed by atoms with E-state index < -0.39 is 0 Å². The molecule has 0 saturated heterocycles. The van der Waals surface area contributed by atoms with Crippen LogP contribution in [0.4, 0.5) is 4.39 Å². The lowest BCUT2D eigenvalue weighted by Gasteiger charge is -2.02. The summed E-state index contributed by atoms with van der Waals surface area (Å²) in [7, 11) is 0. The molecule has 0 aliphatic carbocycles. The van der Waals surface area contributed by atoms with Crippen molar-refractivity contribution in [3.63, 3.8) is 0 Å². The summed E-state index contributed by atoms with van der Waals surface area (Å²) in [4.78, 5) is 4.45. The summed E-state index contributed by atoms with van der Waals surface area (Å²) in [5.41, 5.74) is 3.00. The van der Waals surface area contributed by atoms with Crippen molar-refractivity contribution in [1.29, 1.82) is 0 Å². The Kier molecular flexibility index (Phi) is 3.42. The smallest absolute Gasteiger partial charge is 0.139 e. The van der Waals surface area contributed by atoms with E-state index in [0.29, 0.717) is 22.8 Å². The highest BCUT2D eigenvalue weighted by Crippen LogP contribution is 2.18. The third kappa shape index (κ3) is 2.40. The highest BCUT2D eigenvalue weighted by molar-refractivity contribution is 6.30. The first-order valence-electron chi connectivity index (χ1n) is 6.18. The van der Waals surface area contributed by atoms with E-state index in [2.05, 4.69) is 4.98 Å². The molecule has 2 heterocycles. The van der Waals surface area contributed by atoms with E-state index in [1.165, 1.54) is 12.3 Å². The molecule has 5 heteroatoms. The summed E-state index contributed by atoms with van der Waals surface area (Å²) in [5, 5.41) is 10.2. The monoisotopic (exact) mass is 290 g/mol. The topological polar surface area (TPSA) is 37.5 Å². The Morgan fingerprint density at radius 3 is 2.60 bits per heavy atom. The zero-order chi connectivity index (χ0) is 14.1. The Labute approximate surface area is 120 Å². The van der Waals surface area contributed by atoms with Crippen LogP contribution in [0.1, 0.15) is 17.0 Å². The van der Waals surface area contributed by atoms with Crippen LogP contribution >= 0.6 is 11.6 Å². The van der Waals surface area contributed by atoms with E-state index in [0.717, 1.165) is 11.3 Å². The molecule has 1 aromatic carbocycles. The first kappa shape index (κ1) is 13.1. The number of benzene rings is 1. The number of halogens is 2. The molecule has 0 aliphatic heterocycles. The zero-order valence-electron chi connectivity index (χ0n) is 10.6. The van der Waals surface area contributed by atoms with Gasteiger partial charge in [0.15, 0.2) is 0 Å². The Hall–Kier alpha value is -1.91. The Morgan fingerprint density at radius 2 is 1.90 bits per heavy atom. The molecule has 0 unspecified atom stereocenters. The van der Waals surface area contributed by atoms with Crippen molar-refractivity contribution in [2.24, 2.45) is 0 Å². The number of aliphatic hydroxyl groups is 1. The average molecular weight is 291 g/mol. The van der Waals surface area contributed by atoms with E-state index in [1.807, 2.05) is 24.3 Å². The van der Waals surface area contributed by atoms with Gasteiger partial charge in [0, 0.05) is 17.6 Å². The zero-order valence-corrected chi connectivity index (χ0v) is 11.3. The largest absolute Gasteiger partial charge is 0.390 e. The van der Waals surface area contributed by atoms with Gasteiger partial charge in [-0.05, 0) is 29.8 Å². The van der Waals surface area contributed by atoms with E-state index in [1.54, 1.807) is 10.5 Å². The number of pyridine rings is 1. The van der Waals surface area contributed by atoms with Gasteiger partial charge in [-0.3, -0.25) is 4.40 Å². The lowest BCUT2D eigenvalue weighted by Crippen LogP contribution is -1.98. The van der Waals surface area contributed by atoms with Crippen molar-refractivity contribution >= 4 is 17.2 Å². The van der Waals surface area contributed by atoms with Crippen molar-refractivity contribution < 1.29 is 9.50 Å². The van der Waals surface area contributed by atoms with Crippen LogP contribution < -0.4 is 0 Å². The second-order valence-corrected chi connectivity index (χ2v) is 4.98. The molecule has 3 aromatic rings. The summed E-state index contributed by atoms with van der Waals surface area (Å²) in [5.74, 6) is -0.359. The van der Waals surface area contributed by atoms with Crippen LogP contribution in [0.25, 0.3) is 5.65 Å². The third-order valence-corrected chi connectivity index (χ3v) is 3.45. The number of imidazole rings is 1. The van der Waals surface area contributed by atoms with E-state index in [9.17, 15) is 9.50 Å². The molecule has 0 spiro atoms. The second kappa shape index (κ2) is 5.23. The Morgan fingerprint density at radius 1 is 1.15 bits per heavy atom. The molecule has 20 heavy (non-hydrogen) atoms. The molecule has 2 aromatic heterocycles. The predicted octanol–water partition coefficient (Wildman–Crippen LogP) is 3.21. The lowest BCUT2D eigenvalue weighted by atomic mass is 10.1. The van der Waals surface area contributed by atoms with Gasteiger partial charge in [0.25, 0.3) is 0 Å². The SMILES string of the molecule is OCc1c(Cc2ccc(Cl)cc2)nc2ccc(F)cn12. The fourth-order valence-corrected chi connectivity index (χ4v) is 2.35. The number of aromatic nitrogens is 2. The summed E-state index contributed by atoms with van der Waals surface area (Å²) >= 11 is 5.85. The van der Waals surface area contributed by atoms with Gasteiger partial charge in [0.1, 0.15) is 11.5 Å². The molecule has 0 radical (unpaired) electrons. The van der Waals surface area contributed by atoms with Gasteiger partial charge < -0.3 is 5.11 Å². The molecule has 3 nitrogen and oxygen atoms in total. The number of hydrogen-bond acceptors (Lipinski definition) is 2. The minimum Gasteiger partial charge on any atom is -0.390 e. The van der Waals surface area contributed by atoms with Gasteiger partial charge in [-0.25, -0.2) is 9.37 Å². The van der Waals surface area contributed by atoms with Crippen molar-refractivity contribution in [1.82, 2.24) is 9.38 Å². The van der Waals surface area contributed by atoms with Gasteiger partial charge in [0.2, 0.25) is 0 Å². The van der Waals surface area contributed by atoms with Crippen molar-refractivity contribution in [3.05, 3.63) is 70.4 Å². The van der Waals surface area contributed by atoms with Gasteiger partial charge in [0.05, 0.1) is 18.0 Å². The fourth-order valence-electron chi connectivity index (χ4n) is 2.22. The van der Waals surface area contributed by atoms with E-state index >= 15 is 0 Å². The maximum Gasteiger partial charge on any atom is 0.139 e. The predicted molar refractivity (Wildman–Crippen MR) is 75.3 cm³/mol. The summed E-state index contributed by atoms with van der Waals surface area (Å²) in [6.45, 7) is -0.187. The number of aliphatic hydroxyl groups excluding tert-OH is 1. The van der Waals surface area contributed by atoms with Crippen LogP contribution in [0.5, 0.6) is 0 Å². The number of rotatable bonds is 3. The van der Waals surface area contributed by atoms with E-state index in [-0.39, 0.29) is 12.4 Å². The number of nitrogens with zero attached hydrogens (tertiary/aromatic N) is 2. The Balaban J connectivity index is 2.04. The summed E-state index contributed by atoms with van der Waals surface area (Å²) < 4.78 is 14.9. The normalized spacial score (nSPS) is 11.2. The van der Waals surface area contributed by atoms with Crippen molar-refractivity contribution in [2.75, 3.05) is 0 Å². The van der Waals surface area contributed by atoms with Gasteiger partial charge in [-0.15, -0.1) is 0 Å². The minimum atomic E-state index is -0.359. The van der Waals surface area contributed by atoms with Gasteiger partial charge >= 0.3 is 0 Å². The van der Waals surface area contributed by atoms with Crippen molar-refractivity contribution in [2.45, 2.75) is 13.0 Å². The molecular formula is C15H12ClFN2O. The molecule has 0 bridgehead atoms. The molecule has 0 saturated carbocycles. The van der Waals surface area contributed by atoms with Crippen molar-refractivity contribution in [3.8, 4) is 0 Å². The van der Waals surface area contributed by atoms with Crippen LogP contribution in [-0.4, -0.2) is 14.5 Å². The lowest BCUT2D eigenvalue weighted by molar-refractivity contribution is 0.274. The highest BCUT2D eigenvalue weighted by atomic mass is 35.5. The summed E-state index contributed by atoms with van der Waals surface area (Å²) in [6, 6.07) is 10.4. The molecule has 0 amide bonds. The maximum absolute atomic E-state index is 13.3.